The van der Waals surface area contributed by atoms with Crippen molar-refractivity contribution in [3.05, 3.63) is 35.7 Å². The Bertz CT molecular complexity index is 633. The number of nitrogens with zero attached hydrogens (tertiary/aromatic N) is 4. The van der Waals surface area contributed by atoms with Gasteiger partial charge in [-0.3, -0.25) is 9.58 Å². The van der Waals surface area contributed by atoms with Gasteiger partial charge in [-0.25, -0.2) is 4.98 Å². The Morgan fingerprint density at radius 2 is 1.91 bits per heavy atom. The summed E-state index contributed by atoms with van der Waals surface area (Å²) in [5.74, 6) is 1.57. The number of rotatable bonds is 5. The minimum absolute atomic E-state index is 0.397. The zero-order chi connectivity index (χ0) is 16.2. The summed E-state index contributed by atoms with van der Waals surface area (Å²) >= 11 is 0. The molecule has 0 radical (unpaired) electrons. The van der Waals surface area contributed by atoms with Crippen LogP contribution in [-0.4, -0.2) is 53.1 Å². The van der Waals surface area contributed by atoms with Crippen LogP contribution < -0.4 is 0 Å². The van der Waals surface area contributed by atoms with Gasteiger partial charge in [0, 0.05) is 38.9 Å². The fraction of sp³-hybridized carbons (Fsp3) is 0.529. The SMILES string of the molecule is COCc1nc(-c2ccc(C(C)N3CCOCC3)cc2)nn1C. The topological polar surface area (TPSA) is 52.4 Å². The van der Waals surface area contributed by atoms with E-state index in [0.717, 1.165) is 43.5 Å². The summed E-state index contributed by atoms with van der Waals surface area (Å²) in [6.07, 6.45) is 0. The zero-order valence-corrected chi connectivity index (χ0v) is 14.0. The number of morpholine rings is 1. The Kier molecular flexibility index (Phi) is 5.05. The Morgan fingerprint density at radius 1 is 1.22 bits per heavy atom. The minimum Gasteiger partial charge on any atom is -0.379 e. The number of hydrogen-bond donors (Lipinski definition) is 0. The highest BCUT2D eigenvalue weighted by molar-refractivity contribution is 5.55. The summed E-state index contributed by atoms with van der Waals surface area (Å²) in [4.78, 5) is 6.99. The molecule has 124 valence electrons. The molecule has 0 spiro atoms. The van der Waals surface area contributed by atoms with E-state index in [1.165, 1.54) is 5.56 Å². The first kappa shape index (κ1) is 16.1. The smallest absolute Gasteiger partial charge is 0.181 e. The van der Waals surface area contributed by atoms with E-state index in [-0.39, 0.29) is 0 Å². The van der Waals surface area contributed by atoms with E-state index in [4.69, 9.17) is 9.47 Å². The van der Waals surface area contributed by atoms with Crippen LogP contribution in [-0.2, 0) is 23.1 Å². The van der Waals surface area contributed by atoms with Crippen LogP contribution in [0.5, 0.6) is 0 Å². The van der Waals surface area contributed by atoms with Crippen LogP contribution in [0.4, 0.5) is 0 Å². The van der Waals surface area contributed by atoms with Gasteiger partial charge in [-0.05, 0) is 12.5 Å². The van der Waals surface area contributed by atoms with Crippen molar-refractivity contribution in [3.8, 4) is 11.4 Å². The Morgan fingerprint density at radius 3 is 2.57 bits per heavy atom. The molecule has 0 amide bonds. The number of methoxy groups -OCH3 is 1. The van der Waals surface area contributed by atoms with Gasteiger partial charge >= 0.3 is 0 Å². The van der Waals surface area contributed by atoms with Crippen LogP contribution in [0.25, 0.3) is 11.4 Å². The van der Waals surface area contributed by atoms with Gasteiger partial charge < -0.3 is 9.47 Å². The van der Waals surface area contributed by atoms with Gasteiger partial charge in [0.25, 0.3) is 0 Å². The lowest BCUT2D eigenvalue weighted by atomic mass is 10.0. The maximum atomic E-state index is 5.43. The maximum absolute atomic E-state index is 5.43. The van der Waals surface area contributed by atoms with Gasteiger partial charge in [0.05, 0.1) is 13.2 Å². The lowest BCUT2D eigenvalue weighted by Gasteiger charge is -2.32. The van der Waals surface area contributed by atoms with Crippen molar-refractivity contribution >= 4 is 0 Å². The first-order valence-corrected chi connectivity index (χ1v) is 8.00. The molecule has 1 aromatic carbocycles. The van der Waals surface area contributed by atoms with E-state index < -0.39 is 0 Å². The van der Waals surface area contributed by atoms with Crippen LogP contribution in [0.3, 0.4) is 0 Å². The van der Waals surface area contributed by atoms with Crippen molar-refractivity contribution in [3.63, 3.8) is 0 Å². The molecule has 1 aromatic heterocycles. The van der Waals surface area contributed by atoms with Crippen molar-refractivity contribution < 1.29 is 9.47 Å². The van der Waals surface area contributed by atoms with Crippen LogP contribution in [0.2, 0.25) is 0 Å². The van der Waals surface area contributed by atoms with Gasteiger partial charge in [-0.2, -0.15) is 5.10 Å². The van der Waals surface area contributed by atoms with E-state index in [1.54, 1.807) is 11.8 Å². The summed E-state index contributed by atoms with van der Waals surface area (Å²) in [6, 6.07) is 8.92. The quantitative estimate of drug-likeness (QED) is 0.845. The van der Waals surface area contributed by atoms with Crippen molar-refractivity contribution in [2.24, 2.45) is 7.05 Å². The van der Waals surface area contributed by atoms with Crippen LogP contribution in [0.1, 0.15) is 24.4 Å². The van der Waals surface area contributed by atoms with Gasteiger partial charge in [0.1, 0.15) is 6.61 Å². The number of benzene rings is 1. The molecular formula is C17H24N4O2. The van der Waals surface area contributed by atoms with Crippen molar-refractivity contribution in [1.29, 1.82) is 0 Å². The van der Waals surface area contributed by atoms with Gasteiger partial charge in [-0.15, -0.1) is 0 Å². The fourth-order valence-corrected chi connectivity index (χ4v) is 2.88. The van der Waals surface area contributed by atoms with E-state index in [1.807, 2.05) is 7.05 Å². The van der Waals surface area contributed by atoms with Gasteiger partial charge in [-0.1, -0.05) is 24.3 Å². The highest BCUT2D eigenvalue weighted by Crippen LogP contribution is 2.24. The van der Waals surface area contributed by atoms with E-state index >= 15 is 0 Å². The second-order valence-electron chi connectivity index (χ2n) is 5.85. The normalized spacial score (nSPS) is 17.3. The van der Waals surface area contributed by atoms with Crippen molar-refractivity contribution in [2.75, 3.05) is 33.4 Å². The standard InChI is InChI=1S/C17H24N4O2/c1-13(21-8-10-23-11-9-21)14-4-6-15(7-5-14)17-18-16(12-22-3)20(2)19-17/h4-7,13H,8-12H2,1-3H3. The van der Waals surface area contributed by atoms with E-state index in [2.05, 4.69) is 46.2 Å². The van der Waals surface area contributed by atoms with Crippen LogP contribution >= 0.6 is 0 Å². The van der Waals surface area contributed by atoms with E-state index in [0.29, 0.717) is 12.6 Å². The van der Waals surface area contributed by atoms with Crippen molar-refractivity contribution in [1.82, 2.24) is 19.7 Å². The predicted molar refractivity (Wildman–Crippen MR) is 88.0 cm³/mol. The molecule has 1 saturated heterocycles. The summed E-state index contributed by atoms with van der Waals surface area (Å²) in [7, 11) is 3.55. The molecule has 0 saturated carbocycles. The molecule has 2 heterocycles. The molecule has 3 rings (SSSR count). The molecular weight excluding hydrogens is 292 g/mol. The fourth-order valence-electron chi connectivity index (χ4n) is 2.88. The predicted octanol–water partition coefficient (Wildman–Crippen LogP) is 2.02. The third kappa shape index (κ3) is 3.60. The first-order chi connectivity index (χ1) is 11.2. The molecule has 1 aliphatic heterocycles. The third-order valence-electron chi connectivity index (χ3n) is 4.37. The summed E-state index contributed by atoms with van der Waals surface area (Å²) in [5.41, 5.74) is 2.34. The molecule has 0 N–H and O–H groups in total. The maximum Gasteiger partial charge on any atom is 0.181 e. The lowest BCUT2D eigenvalue weighted by Crippen LogP contribution is -2.37. The van der Waals surface area contributed by atoms with Gasteiger partial charge in [0.15, 0.2) is 11.6 Å². The average molecular weight is 316 g/mol. The Labute approximate surface area is 137 Å². The largest absolute Gasteiger partial charge is 0.379 e. The number of ether oxygens (including phenoxy) is 2. The van der Waals surface area contributed by atoms with Crippen LogP contribution in [0, 0.1) is 0 Å². The van der Waals surface area contributed by atoms with Crippen molar-refractivity contribution in [2.45, 2.75) is 19.6 Å². The monoisotopic (exact) mass is 316 g/mol. The molecule has 1 aliphatic rings. The minimum atomic E-state index is 0.397. The summed E-state index contributed by atoms with van der Waals surface area (Å²) < 4.78 is 12.3. The Balaban J connectivity index is 1.74. The second kappa shape index (κ2) is 7.21. The molecule has 1 fully saturated rings. The molecule has 23 heavy (non-hydrogen) atoms. The first-order valence-electron chi connectivity index (χ1n) is 8.00. The molecule has 6 nitrogen and oxygen atoms in total. The Hall–Kier alpha value is -1.76. The highest BCUT2D eigenvalue weighted by Gasteiger charge is 2.18. The van der Waals surface area contributed by atoms with E-state index in [9.17, 15) is 0 Å². The van der Waals surface area contributed by atoms with Gasteiger partial charge in [0.2, 0.25) is 0 Å². The molecule has 1 atom stereocenters. The molecule has 6 heteroatoms. The number of aromatic nitrogens is 3. The number of hydrogen-bond acceptors (Lipinski definition) is 5. The zero-order valence-electron chi connectivity index (χ0n) is 14.0. The third-order valence-corrected chi connectivity index (χ3v) is 4.37. The molecule has 0 aliphatic carbocycles. The summed E-state index contributed by atoms with van der Waals surface area (Å²) in [5, 5.41) is 4.46. The average Bonchev–Trinajstić information content (AvgIpc) is 2.96. The summed E-state index contributed by atoms with van der Waals surface area (Å²) in [6.45, 7) is 6.34. The molecule has 2 aromatic rings. The molecule has 0 bridgehead atoms. The molecule has 1 unspecified atom stereocenters. The highest BCUT2D eigenvalue weighted by atomic mass is 16.5. The van der Waals surface area contributed by atoms with Crippen LogP contribution in [0.15, 0.2) is 24.3 Å². The number of aryl methyl sites for hydroxylation is 1. The lowest BCUT2D eigenvalue weighted by molar-refractivity contribution is 0.0198. The second-order valence-corrected chi connectivity index (χ2v) is 5.85.